The molecule has 2 unspecified atom stereocenters. The van der Waals surface area contributed by atoms with Crippen molar-refractivity contribution in [3.8, 4) is 0 Å². The lowest BCUT2D eigenvalue weighted by molar-refractivity contribution is 0.773. The summed E-state index contributed by atoms with van der Waals surface area (Å²) in [5.41, 5.74) is 34.3. The average Bonchev–Trinajstić information content (AvgIpc) is 4.28. The molecule has 2 aromatic heterocycles. The molecule has 0 spiro atoms. The predicted octanol–water partition coefficient (Wildman–Crippen LogP) is 21.0. The van der Waals surface area contributed by atoms with Crippen molar-refractivity contribution in [1.82, 2.24) is 4.40 Å². The largest absolute Gasteiger partial charge is 0.332 e. The first-order valence-corrected chi connectivity index (χ1v) is 28.9. The normalized spacial score (nSPS) is 15.8. The fraction of sp³-hybridized carbons (Fsp3) is 0.297. The van der Waals surface area contributed by atoms with E-state index >= 15 is 0 Å². The van der Waals surface area contributed by atoms with Gasteiger partial charge in [-0.3, -0.25) is 0 Å². The Morgan fingerprint density at radius 2 is 0.885 bits per heavy atom. The van der Waals surface area contributed by atoms with Crippen LogP contribution in [0.2, 0.25) is 0 Å². The summed E-state index contributed by atoms with van der Waals surface area (Å²) >= 11 is 0. The standard InChI is InChI=1S/C74H76N4/c1-39(2)67-43(9)29-51(30-44(67)10)75(52-31-45(11)68(40(3)4)46(12)32-52)63-27-25-55-59-37-66-60(38-65(59)77-61-23-19-17-21-57(61)71(63)73(55)77)56-26-28-64(72-58-22-18-20-24-62(58)78(66)74(56)72)76(53-33-47(13)69(41(5)6)48(14)34-53)54-35-49(15)70(42(7)8)50(16)36-54/h17-42,55,73H,1-16H3. The summed E-state index contributed by atoms with van der Waals surface area (Å²) < 4.78 is 2.61. The predicted molar refractivity (Wildman–Crippen MR) is 336 cm³/mol. The Morgan fingerprint density at radius 1 is 0.423 bits per heavy atom. The van der Waals surface area contributed by atoms with E-state index in [2.05, 4.69) is 263 Å². The minimum Gasteiger partial charge on any atom is -0.332 e. The second kappa shape index (κ2) is 18.0. The topological polar surface area (TPSA) is 14.1 Å². The van der Waals surface area contributed by atoms with E-state index in [1.807, 2.05) is 0 Å². The number of rotatable bonds is 10. The van der Waals surface area contributed by atoms with Crippen LogP contribution in [-0.2, 0) is 0 Å². The van der Waals surface area contributed by atoms with Crippen LogP contribution in [0, 0.1) is 55.4 Å². The van der Waals surface area contributed by atoms with Crippen LogP contribution in [0.4, 0.5) is 39.8 Å². The molecule has 0 fully saturated rings. The van der Waals surface area contributed by atoms with Crippen molar-refractivity contribution >= 4 is 83.5 Å². The molecular formula is C74H76N4. The van der Waals surface area contributed by atoms with E-state index in [1.165, 1.54) is 167 Å². The van der Waals surface area contributed by atoms with E-state index < -0.39 is 0 Å². The number of nitrogens with zero attached hydrogens (tertiary/aromatic N) is 4. The van der Waals surface area contributed by atoms with Crippen LogP contribution in [0.1, 0.15) is 163 Å². The Kier molecular flexibility index (Phi) is 11.5. The number of aromatic nitrogens is 1. The molecule has 10 aromatic rings. The SMILES string of the molecule is Cc1cc(N(C2=C3c4ccccc4N4c5cc6c7ccc(N(c8cc(C)c(C(C)C)c(C)c8)c8cc(C)c(C(C)C)c(C)c8)c8c9ccccc9n(c6cc5C(C=C2)C34)c78)c2cc(C)c(C(C)C)c(C)c2)cc(C)c1C(C)C. The van der Waals surface area contributed by atoms with Crippen LogP contribution < -0.4 is 14.7 Å². The van der Waals surface area contributed by atoms with Crippen LogP contribution in [0.15, 0.2) is 139 Å². The smallest absolute Gasteiger partial charge is 0.0723 e. The summed E-state index contributed by atoms with van der Waals surface area (Å²) in [6.45, 7) is 37.0. The van der Waals surface area contributed by atoms with Crippen molar-refractivity contribution in [2.75, 3.05) is 14.7 Å². The first-order valence-electron chi connectivity index (χ1n) is 28.9. The Balaban J connectivity index is 1.04. The number of hydrogen-bond donors (Lipinski definition) is 0. The van der Waals surface area contributed by atoms with Gasteiger partial charge in [-0.15, -0.1) is 0 Å². The van der Waals surface area contributed by atoms with Crippen LogP contribution in [0.5, 0.6) is 0 Å². The van der Waals surface area contributed by atoms with Gasteiger partial charge in [0.25, 0.3) is 0 Å². The monoisotopic (exact) mass is 1020 g/mol. The van der Waals surface area contributed by atoms with Crippen molar-refractivity contribution in [1.29, 1.82) is 0 Å². The van der Waals surface area contributed by atoms with Crippen LogP contribution >= 0.6 is 0 Å². The molecule has 13 rings (SSSR count). The third-order valence-electron chi connectivity index (χ3n) is 18.3. The van der Waals surface area contributed by atoms with Gasteiger partial charge in [-0.05, 0) is 236 Å². The Bertz CT molecular complexity index is 4000. The van der Waals surface area contributed by atoms with Gasteiger partial charge in [-0.2, -0.15) is 0 Å². The van der Waals surface area contributed by atoms with E-state index in [-0.39, 0.29) is 12.0 Å². The van der Waals surface area contributed by atoms with Crippen molar-refractivity contribution in [2.24, 2.45) is 0 Å². The quantitative estimate of drug-likeness (QED) is 0.136. The fourth-order valence-electron chi connectivity index (χ4n) is 16.1. The van der Waals surface area contributed by atoms with Gasteiger partial charge in [-0.25, -0.2) is 0 Å². The zero-order valence-corrected chi connectivity index (χ0v) is 49.0. The molecule has 8 aromatic carbocycles. The molecule has 0 bridgehead atoms. The molecule has 4 heteroatoms. The summed E-state index contributed by atoms with van der Waals surface area (Å²) in [5.74, 6) is 1.93. The molecule has 0 N–H and O–H groups in total. The van der Waals surface area contributed by atoms with Crippen LogP contribution in [0.3, 0.4) is 0 Å². The molecule has 392 valence electrons. The van der Waals surface area contributed by atoms with Gasteiger partial charge in [0.05, 0.1) is 34.0 Å². The number of fused-ring (bicyclic) bond motifs is 12. The molecule has 2 aliphatic heterocycles. The molecular weight excluding hydrogens is 945 g/mol. The summed E-state index contributed by atoms with van der Waals surface area (Å²) in [7, 11) is 0. The highest BCUT2D eigenvalue weighted by molar-refractivity contribution is 6.28. The molecule has 3 aliphatic rings. The number of anilines is 7. The fourth-order valence-corrected chi connectivity index (χ4v) is 16.1. The molecule has 2 atom stereocenters. The highest BCUT2D eigenvalue weighted by atomic mass is 15.2. The number of benzene rings is 8. The first kappa shape index (κ1) is 50.0. The summed E-state index contributed by atoms with van der Waals surface area (Å²) in [6.07, 6.45) is 5.02. The molecule has 4 heterocycles. The summed E-state index contributed by atoms with van der Waals surface area (Å²) in [4.78, 5) is 7.88. The molecule has 0 amide bonds. The van der Waals surface area contributed by atoms with Gasteiger partial charge >= 0.3 is 0 Å². The van der Waals surface area contributed by atoms with E-state index in [0.717, 1.165) is 0 Å². The third-order valence-corrected chi connectivity index (χ3v) is 18.3. The van der Waals surface area contributed by atoms with Crippen molar-refractivity contribution in [3.63, 3.8) is 0 Å². The lowest BCUT2D eigenvalue weighted by Gasteiger charge is -2.35. The van der Waals surface area contributed by atoms with E-state index in [0.29, 0.717) is 23.7 Å². The van der Waals surface area contributed by atoms with Crippen LogP contribution in [0.25, 0.3) is 43.7 Å². The van der Waals surface area contributed by atoms with Crippen molar-refractivity contribution in [2.45, 2.75) is 146 Å². The maximum absolute atomic E-state index is 2.71. The van der Waals surface area contributed by atoms with E-state index in [1.54, 1.807) is 0 Å². The molecule has 0 saturated carbocycles. The average molecular weight is 1020 g/mol. The van der Waals surface area contributed by atoms with Gasteiger partial charge in [0.1, 0.15) is 0 Å². The molecule has 78 heavy (non-hydrogen) atoms. The number of aryl methyl sites for hydroxylation is 8. The lowest BCUT2D eigenvalue weighted by atomic mass is 9.82. The van der Waals surface area contributed by atoms with Crippen molar-refractivity contribution < 1.29 is 0 Å². The molecule has 4 nitrogen and oxygen atoms in total. The number of para-hydroxylation sites is 2. The second-order valence-electron chi connectivity index (χ2n) is 24.9. The molecule has 1 aliphatic carbocycles. The van der Waals surface area contributed by atoms with Crippen molar-refractivity contribution in [3.05, 3.63) is 217 Å². The number of hydrogen-bond acceptors (Lipinski definition) is 3. The maximum atomic E-state index is 2.71. The maximum Gasteiger partial charge on any atom is 0.0723 e. The Morgan fingerprint density at radius 3 is 1.38 bits per heavy atom. The van der Waals surface area contributed by atoms with Gasteiger partial charge in [-0.1, -0.05) is 104 Å². The number of allylic oxidation sites excluding steroid dienone is 1. The van der Waals surface area contributed by atoms with E-state index in [4.69, 9.17) is 0 Å². The Labute approximate surface area is 463 Å². The van der Waals surface area contributed by atoms with Gasteiger partial charge in [0.2, 0.25) is 0 Å². The minimum absolute atomic E-state index is 0.108. The van der Waals surface area contributed by atoms with E-state index in [9.17, 15) is 0 Å². The summed E-state index contributed by atoms with van der Waals surface area (Å²) in [6, 6.07) is 48.0. The second-order valence-corrected chi connectivity index (χ2v) is 24.9. The zero-order chi connectivity index (χ0) is 54.7. The Hall–Kier alpha value is -7.56. The highest BCUT2D eigenvalue weighted by Gasteiger charge is 2.50. The highest BCUT2D eigenvalue weighted by Crippen LogP contribution is 2.61. The molecule has 0 saturated heterocycles. The van der Waals surface area contributed by atoms with Gasteiger partial charge in [0.15, 0.2) is 0 Å². The zero-order valence-electron chi connectivity index (χ0n) is 49.0. The summed E-state index contributed by atoms with van der Waals surface area (Å²) in [5, 5.41) is 5.16. The molecule has 0 radical (unpaired) electrons. The minimum atomic E-state index is 0.108. The van der Waals surface area contributed by atoms with Crippen LogP contribution in [-0.4, -0.2) is 10.4 Å². The first-order chi connectivity index (χ1) is 37.3. The van der Waals surface area contributed by atoms with Gasteiger partial charge < -0.3 is 19.1 Å². The third kappa shape index (κ3) is 7.16. The van der Waals surface area contributed by atoms with Gasteiger partial charge in [0, 0.05) is 72.7 Å². The lowest BCUT2D eigenvalue weighted by Crippen LogP contribution is -2.30.